The zero-order valence-electron chi connectivity index (χ0n) is 10.9. The second-order valence-electron chi connectivity index (χ2n) is 3.81. The fourth-order valence-corrected chi connectivity index (χ4v) is 1.58. The fraction of sp³-hybridized carbons (Fsp3) is 0.462. The third-order valence-electron chi connectivity index (χ3n) is 2.62. The summed E-state index contributed by atoms with van der Waals surface area (Å²) in [6.45, 7) is 6.87. The van der Waals surface area contributed by atoms with Gasteiger partial charge in [-0.05, 0) is 32.9 Å². The second-order valence-corrected chi connectivity index (χ2v) is 3.81. The Hall–Kier alpha value is -1.91. The molecule has 0 radical (unpaired) electrons. The van der Waals surface area contributed by atoms with Crippen LogP contribution in [0.3, 0.4) is 0 Å². The molecule has 1 heterocycles. The number of rotatable bonds is 6. The first-order valence-electron chi connectivity index (χ1n) is 5.99. The van der Waals surface area contributed by atoms with Crippen molar-refractivity contribution in [1.29, 1.82) is 0 Å². The van der Waals surface area contributed by atoms with E-state index in [4.69, 9.17) is 4.74 Å². The fourth-order valence-electron chi connectivity index (χ4n) is 1.58. The van der Waals surface area contributed by atoms with Gasteiger partial charge < -0.3 is 9.64 Å². The lowest BCUT2D eigenvalue weighted by Crippen LogP contribution is -2.40. The lowest BCUT2D eigenvalue weighted by molar-refractivity contribution is -0.137. The number of nitrogens with zero attached hydrogens (tertiary/aromatic N) is 2. The summed E-state index contributed by atoms with van der Waals surface area (Å²) in [4.78, 5) is 28.0. The van der Waals surface area contributed by atoms with Crippen LogP contribution in [0.2, 0.25) is 0 Å². The van der Waals surface area contributed by atoms with Gasteiger partial charge in [0.1, 0.15) is 11.4 Å². The minimum Gasteiger partial charge on any atom is -0.479 e. The predicted molar refractivity (Wildman–Crippen MR) is 67.6 cm³/mol. The van der Waals surface area contributed by atoms with Gasteiger partial charge in [-0.2, -0.15) is 0 Å². The second kappa shape index (κ2) is 6.74. The van der Waals surface area contributed by atoms with E-state index in [-0.39, 0.29) is 5.91 Å². The lowest BCUT2D eigenvalue weighted by atomic mass is 10.3. The molecule has 5 heteroatoms. The molecule has 0 spiro atoms. The van der Waals surface area contributed by atoms with Crippen LogP contribution in [0.5, 0.6) is 5.75 Å². The molecule has 0 bridgehead atoms. The van der Waals surface area contributed by atoms with E-state index in [1.54, 1.807) is 24.0 Å². The first-order valence-corrected chi connectivity index (χ1v) is 5.99. The van der Waals surface area contributed by atoms with Gasteiger partial charge in [0.05, 0.1) is 6.20 Å². The van der Waals surface area contributed by atoms with Crippen LogP contribution in [0.4, 0.5) is 0 Å². The molecule has 0 aromatic carbocycles. The maximum absolute atomic E-state index is 12.0. The molecule has 1 rings (SSSR count). The van der Waals surface area contributed by atoms with E-state index < -0.39 is 6.10 Å². The molecule has 1 aromatic rings. The molecule has 0 aliphatic carbocycles. The van der Waals surface area contributed by atoms with Crippen LogP contribution in [0.1, 0.15) is 31.3 Å². The minimum absolute atomic E-state index is 0.0561. The molecule has 0 N–H and O–H groups in total. The van der Waals surface area contributed by atoms with Gasteiger partial charge in [0, 0.05) is 13.1 Å². The minimum atomic E-state index is -0.561. The van der Waals surface area contributed by atoms with E-state index in [0.29, 0.717) is 30.8 Å². The highest BCUT2D eigenvalue weighted by Crippen LogP contribution is 2.11. The van der Waals surface area contributed by atoms with Crippen molar-refractivity contribution < 1.29 is 14.3 Å². The molecule has 1 aromatic heterocycles. The molecule has 1 unspecified atom stereocenters. The summed E-state index contributed by atoms with van der Waals surface area (Å²) < 4.78 is 5.49. The number of ether oxygens (including phenoxy) is 1. The van der Waals surface area contributed by atoms with Gasteiger partial charge in [-0.15, -0.1) is 0 Å². The Kier molecular flexibility index (Phi) is 5.30. The van der Waals surface area contributed by atoms with Crippen molar-refractivity contribution in [3.8, 4) is 5.75 Å². The van der Waals surface area contributed by atoms with Gasteiger partial charge in [-0.25, -0.2) is 4.98 Å². The van der Waals surface area contributed by atoms with Gasteiger partial charge in [0.25, 0.3) is 5.91 Å². The highest BCUT2D eigenvalue weighted by molar-refractivity contribution is 5.80. The summed E-state index contributed by atoms with van der Waals surface area (Å²) >= 11 is 0. The van der Waals surface area contributed by atoms with Crippen LogP contribution in [-0.2, 0) is 4.79 Å². The molecule has 0 saturated carbocycles. The third-order valence-corrected chi connectivity index (χ3v) is 2.62. The van der Waals surface area contributed by atoms with Gasteiger partial charge in [0.15, 0.2) is 12.4 Å². The van der Waals surface area contributed by atoms with Gasteiger partial charge in [0.2, 0.25) is 0 Å². The van der Waals surface area contributed by atoms with Crippen molar-refractivity contribution in [2.24, 2.45) is 0 Å². The van der Waals surface area contributed by atoms with Gasteiger partial charge in [-0.3, -0.25) is 9.59 Å². The Bertz CT molecular complexity index is 399. The zero-order valence-corrected chi connectivity index (χ0v) is 10.9. The van der Waals surface area contributed by atoms with E-state index in [9.17, 15) is 9.59 Å². The first kappa shape index (κ1) is 14.2. The number of amides is 1. The topological polar surface area (TPSA) is 59.5 Å². The summed E-state index contributed by atoms with van der Waals surface area (Å²) in [5.74, 6) is 0.424. The summed E-state index contributed by atoms with van der Waals surface area (Å²) in [6, 6.07) is 3.18. The molecule has 18 heavy (non-hydrogen) atoms. The van der Waals surface area contributed by atoms with Crippen molar-refractivity contribution in [3.63, 3.8) is 0 Å². The van der Waals surface area contributed by atoms with Gasteiger partial charge >= 0.3 is 0 Å². The first-order chi connectivity index (χ1) is 8.62. The predicted octanol–water partition coefficient (Wildman–Crippen LogP) is 1.53. The molecule has 0 aliphatic rings. The Morgan fingerprint density at radius 1 is 1.44 bits per heavy atom. The van der Waals surface area contributed by atoms with E-state index in [2.05, 4.69) is 4.98 Å². The molecular weight excluding hydrogens is 232 g/mol. The van der Waals surface area contributed by atoms with E-state index in [0.717, 1.165) is 0 Å². The quantitative estimate of drug-likeness (QED) is 0.718. The number of hydrogen-bond acceptors (Lipinski definition) is 4. The standard InChI is InChI=1S/C13H18N2O3/c1-4-15(5-2)13(17)10(3)18-12-7-6-11(9-16)14-8-12/h6-10H,4-5H2,1-3H3. The zero-order chi connectivity index (χ0) is 13.5. The molecule has 5 nitrogen and oxygen atoms in total. The smallest absolute Gasteiger partial charge is 0.263 e. The van der Waals surface area contributed by atoms with Crippen LogP contribution in [0.15, 0.2) is 18.3 Å². The number of carbonyl (C=O) groups is 2. The van der Waals surface area contributed by atoms with Crippen molar-refractivity contribution in [1.82, 2.24) is 9.88 Å². The van der Waals surface area contributed by atoms with Crippen LogP contribution in [0, 0.1) is 0 Å². The van der Waals surface area contributed by atoms with Crippen molar-refractivity contribution >= 4 is 12.2 Å². The summed E-state index contributed by atoms with van der Waals surface area (Å²) in [7, 11) is 0. The largest absolute Gasteiger partial charge is 0.479 e. The Balaban J connectivity index is 2.65. The maximum Gasteiger partial charge on any atom is 0.263 e. The van der Waals surface area contributed by atoms with Gasteiger partial charge in [-0.1, -0.05) is 0 Å². The molecule has 1 amide bonds. The van der Waals surface area contributed by atoms with Crippen LogP contribution in [-0.4, -0.2) is 41.3 Å². The monoisotopic (exact) mass is 250 g/mol. The van der Waals surface area contributed by atoms with Crippen LogP contribution in [0.25, 0.3) is 0 Å². The van der Waals surface area contributed by atoms with Crippen LogP contribution < -0.4 is 4.74 Å². The summed E-state index contributed by atoms with van der Waals surface area (Å²) in [6.07, 6.45) is 1.54. The summed E-state index contributed by atoms with van der Waals surface area (Å²) in [5, 5.41) is 0. The molecule has 0 saturated heterocycles. The van der Waals surface area contributed by atoms with Crippen LogP contribution >= 0.6 is 0 Å². The number of aldehydes is 1. The maximum atomic E-state index is 12.0. The average molecular weight is 250 g/mol. The Labute approximate surface area is 107 Å². The number of carbonyl (C=O) groups excluding carboxylic acids is 2. The SMILES string of the molecule is CCN(CC)C(=O)C(C)Oc1ccc(C=O)nc1. The molecule has 1 atom stereocenters. The highest BCUT2D eigenvalue weighted by atomic mass is 16.5. The van der Waals surface area contributed by atoms with E-state index >= 15 is 0 Å². The highest BCUT2D eigenvalue weighted by Gasteiger charge is 2.19. The molecule has 0 fully saturated rings. The van der Waals surface area contributed by atoms with E-state index in [1.807, 2.05) is 13.8 Å². The normalized spacial score (nSPS) is 11.7. The number of hydrogen-bond donors (Lipinski definition) is 0. The summed E-state index contributed by atoms with van der Waals surface area (Å²) in [5.41, 5.74) is 0.338. The number of likely N-dealkylation sites (N-methyl/N-ethyl adjacent to an activating group) is 1. The third kappa shape index (κ3) is 3.55. The average Bonchev–Trinajstić information content (AvgIpc) is 2.40. The molecular formula is C13H18N2O3. The number of pyridine rings is 1. The number of aromatic nitrogens is 1. The molecule has 0 aliphatic heterocycles. The molecule has 98 valence electrons. The van der Waals surface area contributed by atoms with Crippen molar-refractivity contribution in [2.45, 2.75) is 26.9 Å². The Morgan fingerprint density at radius 2 is 2.11 bits per heavy atom. The Morgan fingerprint density at radius 3 is 2.56 bits per heavy atom. The van der Waals surface area contributed by atoms with E-state index in [1.165, 1.54) is 6.20 Å². The lowest BCUT2D eigenvalue weighted by Gasteiger charge is -2.23. The van der Waals surface area contributed by atoms with Crippen molar-refractivity contribution in [3.05, 3.63) is 24.0 Å². The van der Waals surface area contributed by atoms with Crippen molar-refractivity contribution in [2.75, 3.05) is 13.1 Å².